The molecule has 2 aromatic carbocycles. The highest BCUT2D eigenvalue weighted by Crippen LogP contribution is 2.24. The lowest BCUT2D eigenvalue weighted by Crippen LogP contribution is -2.61. The molecule has 3 aromatic rings. The predicted molar refractivity (Wildman–Crippen MR) is 430 cm³/mol. The van der Waals surface area contributed by atoms with E-state index in [4.69, 9.17) is 38.1 Å². The summed E-state index contributed by atoms with van der Waals surface area (Å²) in [7, 11) is 0. The van der Waals surface area contributed by atoms with E-state index in [9.17, 15) is 63.0 Å². The van der Waals surface area contributed by atoms with Gasteiger partial charge in [-0.05, 0) is 81.4 Å². The van der Waals surface area contributed by atoms with Crippen LogP contribution in [-0.4, -0.2) is 229 Å². The average molecular weight is 1600 g/mol. The van der Waals surface area contributed by atoms with Crippen molar-refractivity contribution in [3.05, 3.63) is 71.9 Å². The number of hydrogen-bond acceptors (Lipinski definition) is 18. The summed E-state index contributed by atoms with van der Waals surface area (Å²) in [5, 5.41) is 49.5. The minimum atomic E-state index is -1.73. The maximum absolute atomic E-state index is 15.2. The third-order valence-electron chi connectivity index (χ3n) is 19.8. The number of unbranched alkanes of at least 4 members (excludes halogenated alkanes) is 13. The first kappa shape index (κ1) is 94.6. The molecule has 0 bridgehead atoms. The second-order valence-electron chi connectivity index (χ2n) is 29.2. The number of aliphatic hydroxyl groups excluding tert-OH is 2. The summed E-state index contributed by atoms with van der Waals surface area (Å²) >= 11 is 0. The largest absolute Gasteiger partial charge is 0.394 e. The molecule has 23 N–H and O–H groups in total. The average Bonchev–Trinajstić information content (AvgIpc) is 1.69. The standard InChI is InChI=1S/C79H127N19O16/c1-3-5-7-8-9-10-11-12-13-14-15-16-20-35-66(101)86-41-42-113-43-44-114-51-68(103)90-58(33-25-39-87-78(81)82)70(105)97-64(50-99)75(110)93-59(30-6-4-2)71(106)94-61-36-37-67(102)85-38-24-23-32-57(69(80)104)91-74(109)63(46-53-48-89-56-31-22-21-29-55(53)56)95-72(107)60(34-26-40-88-79(83)84)92-73(108)62(45-52-27-18-17-19-28-52)96-76(111)65-47-54(100)49-98(65)77(61)112/h17-19,21-22,27-29,31,48,54,57-65,89,99-100H,3-16,20,23-26,30,32-47,49-51H2,1-2H3,(H2,80,104)(H,85,102)(H,86,101)(H,90,103)(H,91,109)(H,92,108)(H,93,110)(H,94,106)(H,95,107)(H,96,111)(H,97,105)(H4,81,82,87)(H4,83,84,88)/t54-,57+,58+,59+,60+,61+,62?,63+,64+,65+/m1/s1. The molecular weight excluding hydrogens is 1470 g/mol. The van der Waals surface area contributed by atoms with Crippen molar-refractivity contribution in [3.63, 3.8) is 0 Å². The minimum Gasteiger partial charge on any atom is -0.394 e. The highest BCUT2D eigenvalue weighted by atomic mass is 16.5. The first-order chi connectivity index (χ1) is 54.9. The molecule has 35 nitrogen and oxygen atoms in total. The number of fused-ring (bicyclic) bond motifs is 2. The number of carbonyl (C=O) groups is 12. The van der Waals surface area contributed by atoms with Gasteiger partial charge in [-0.3, -0.25) is 67.5 Å². The van der Waals surface area contributed by atoms with Crippen LogP contribution in [0.2, 0.25) is 0 Å². The van der Waals surface area contributed by atoms with Gasteiger partial charge in [-0.15, -0.1) is 0 Å². The first-order valence-electron chi connectivity index (χ1n) is 40.6. The molecule has 2 aliphatic heterocycles. The third-order valence-corrected chi connectivity index (χ3v) is 19.8. The molecular formula is C79H127N19O16. The number of para-hydroxylation sites is 1. The molecule has 1 aromatic heterocycles. The number of amides is 12. The van der Waals surface area contributed by atoms with Crippen LogP contribution in [0.4, 0.5) is 0 Å². The fourth-order valence-corrected chi connectivity index (χ4v) is 13.5. The summed E-state index contributed by atoms with van der Waals surface area (Å²) in [6.07, 6.45) is 16.4. The number of benzene rings is 2. The number of aromatic nitrogens is 1. The van der Waals surface area contributed by atoms with E-state index in [2.05, 4.69) is 75.1 Å². The maximum Gasteiger partial charge on any atom is 0.246 e. The summed E-state index contributed by atoms with van der Waals surface area (Å²) in [4.78, 5) is 182. The van der Waals surface area contributed by atoms with Gasteiger partial charge in [0.2, 0.25) is 70.9 Å². The van der Waals surface area contributed by atoms with Crippen LogP contribution >= 0.6 is 0 Å². The van der Waals surface area contributed by atoms with Crippen molar-refractivity contribution in [3.8, 4) is 0 Å². The molecule has 3 heterocycles. The first-order valence-corrected chi connectivity index (χ1v) is 40.6. The molecule has 2 aliphatic rings. The molecule has 114 heavy (non-hydrogen) atoms. The number of primary amides is 1. The van der Waals surface area contributed by atoms with Gasteiger partial charge in [-0.2, -0.15) is 0 Å². The van der Waals surface area contributed by atoms with E-state index >= 15 is 4.79 Å². The topological polar surface area (TPSA) is 558 Å². The summed E-state index contributed by atoms with van der Waals surface area (Å²) in [6, 6.07) is 2.52. The molecule has 2 saturated heterocycles. The lowest BCUT2D eigenvalue weighted by molar-refractivity contribution is -0.143. The van der Waals surface area contributed by atoms with E-state index in [1.165, 1.54) is 64.2 Å². The number of hydrogen-bond donors (Lipinski definition) is 18. The van der Waals surface area contributed by atoms with Crippen LogP contribution in [-0.2, 0) is 79.8 Å². The number of ether oxygens (including phenoxy) is 2. The van der Waals surface area contributed by atoms with Gasteiger partial charge in [0.1, 0.15) is 61.0 Å². The molecule has 0 aliphatic carbocycles. The molecule has 10 atom stereocenters. The lowest BCUT2D eigenvalue weighted by atomic mass is 10.0. The van der Waals surface area contributed by atoms with Crippen molar-refractivity contribution in [2.75, 3.05) is 65.8 Å². The summed E-state index contributed by atoms with van der Waals surface area (Å²) < 4.78 is 11.1. The smallest absolute Gasteiger partial charge is 0.246 e. The number of nitrogens with two attached hydrogens (primary N) is 5. The number of carbonyl (C=O) groups excluding carboxylic acids is 12. The highest BCUT2D eigenvalue weighted by Gasteiger charge is 2.44. The van der Waals surface area contributed by atoms with Gasteiger partial charge < -0.3 is 111 Å². The van der Waals surface area contributed by atoms with Gasteiger partial charge in [0.05, 0.1) is 32.5 Å². The number of nitrogens with zero attached hydrogens (tertiary/aromatic N) is 3. The van der Waals surface area contributed by atoms with Crippen LogP contribution in [0.1, 0.15) is 198 Å². The number of aliphatic hydroxyl groups is 2. The van der Waals surface area contributed by atoms with Gasteiger partial charge in [0, 0.05) is 81.9 Å². The van der Waals surface area contributed by atoms with Crippen molar-refractivity contribution < 1.29 is 77.2 Å². The van der Waals surface area contributed by atoms with Crippen LogP contribution in [0.15, 0.2) is 70.8 Å². The van der Waals surface area contributed by atoms with Gasteiger partial charge >= 0.3 is 0 Å². The van der Waals surface area contributed by atoms with Crippen molar-refractivity contribution in [2.45, 2.75) is 261 Å². The Labute approximate surface area is 668 Å². The Bertz CT molecular complexity index is 3560. The van der Waals surface area contributed by atoms with Gasteiger partial charge in [0.15, 0.2) is 11.9 Å². The maximum atomic E-state index is 15.2. The Morgan fingerprint density at radius 2 is 1.18 bits per heavy atom. The van der Waals surface area contributed by atoms with Crippen LogP contribution in [0, 0.1) is 0 Å². The molecule has 35 heteroatoms. The number of rotatable bonds is 46. The SMILES string of the molecule is CCCCCCCCCCCCCCCC(=O)NCCOCCOCC(=O)N[C@@H](CCCN=C(N)N)C(=O)N[C@@H](CO)C(=O)N[C@@H](CCCC)C(=O)N[C@H]1CCC(=O)NCCCC[C@@H](C(N)=O)NC(=O)[C@H](Cc2c[nH]c3ccccc23)NC(=O)[C@H](CCCN=C(N)N)NC(=O)C(Cc2ccccc2)NC(=O)[C@@H]2C[C@@H](O)CN2C1=O. The molecule has 5 rings (SSSR count). The van der Waals surface area contributed by atoms with Crippen LogP contribution in [0.5, 0.6) is 0 Å². The molecule has 12 amide bonds. The molecule has 0 radical (unpaired) electrons. The Balaban J connectivity index is 1.29. The molecule has 0 spiro atoms. The van der Waals surface area contributed by atoms with Crippen molar-refractivity contribution >= 4 is 93.7 Å². The Morgan fingerprint density at radius 1 is 0.596 bits per heavy atom. The number of nitrogens with one attached hydrogen (secondary N) is 11. The van der Waals surface area contributed by atoms with E-state index in [1.807, 2.05) is 25.1 Å². The third kappa shape index (κ3) is 36.4. The monoisotopic (exact) mass is 1600 g/mol. The van der Waals surface area contributed by atoms with Gasteiger partial charge in [-0.1, -0.05) is 152 Å². The Morgan fingerprint density at radius 3 is 1.85 bits per heavy atom. The lowest BCUT2D eigenvalue weighted by Gasteiger charge is -2.31. The zero-order valence-corrected chi connectivity index (χ0v) is 66.5. The van der Waals surface area contributed by atoms with Crippen LogP contribution in [0.3, 0.4) is 0 Å². The van der Waals surface area contributed by atoms with E-state index in [-0.39, 0.29) is 128 Å². The fourth-order valence-electron chi connectivity index (χ4n) is 13.5. The molecule has 1 unspecified atom stereocenters. The molecule has 634 valence electrons. The number of aromatic amines is 1. The fraction of sp³-hybridized carbons (Fsp3) is 0.646. The van der Waals surface area contributed by atoms with Crippen molar-refractivity contribution in [2.24, 2.45) is 38.7 Å². The number of aliphatic imine (C=N–C) groups is 2. The minimum absolute atomic E-state index is 0.00540. The molecule has 2 fully saturated rings. The van der Waals surface area contributed by atoms with Crippen molar-refractivity contribution in [1.29, 1.82) is 0 Å². The van der Waals surface area contributed by atoms with Gasteiger partial charge in [-0.25, -0.2) is 0 Å². The normalized spacial score (nSPS) is 19.7. The zero-order chi connectivity index (χ0) is 83.0. The van der Waals surface area contributed by atoms with E-state index < -0.39 is 158 Å². The van der Waals surface area contributed by atoms with Gasteiger partial charge in [0.25, 0.3) is 0 Å². The van der Waals surface area contributed by atoms with E-state index in [0.29, 0.717) is 36.9 Å². The van der Waals surface area contributed by atoms with Crippen LogP contribution in [0.25, 0.3) is 10.9 Å². The quantitative estimate of drug-likeness (QED) is 0.0205. The molecule has 0 saturated carbocycles. The van der Waals surface area contributed by atoms with Crippen LogP contribution < -0.4 is 81.8 Å². The summed E-state index contributed by atoms with van der Waals surface area (Å²) in [5.74, 6) is -10.0. The Kier molecular flexibility index (Phi) is 44.7. The second kappa shape index (κ2) is 53.9. The zero-order valence-electron chi connectivity index (χ0n) is 66.5. The predicted octanol–water partition coefficient (Wildman–Crippen LogP) is 0.279. The Hall–Kier alpha value is -10.0. The number of H-pyrrole nitrogens is 1. The van der Waals surface area contributed by atoms with Crippen molar-refractivity contribution in [1.82, 2.24) is 63.1 Å². The van der Waals surface area contributed by atoms with E-state index in [0.717, 1.165) is 35.1 Å². The summed E-state index contributed by atoms with van der Waals surface area (Å²) in [5.41, 5.74) is 30.1. The number of guanidine groups is 2. The highest BCUT2D eigenvalue weighted by molar-refractivity contribution is 5.99. The second-order valence-corrected chi connectivity index (χ2v) is 29.2. The van der Waals surface area contributed by atoms with E-state index in [1.54, 1.807) is 42.6 Å². The summed E-state index contributed by atoms with van der Waals surface area (Å²) in [6.45, 7) is 2.74.